The highest BCUT2D eigenvalue weighted by molar-refractivity contribution is 6.05. The topological polar surface area (TPSA) is 202 Å². The Labute approximate surface area is 375 Å². The van der Waals surface area contributed by atoms with Crippen LogP contribution in [-0.2, 0) is 16.8 Å². The molecule has 3 fully saturated rings. The second kappa shape index (κ2) is 18.0. The van der Waals surface area contributed by atoms with Crippen LogP contribution in [0.1, 0.15) is 80.6 Å². The number of benzene rings is 2. The number of anilines is 3. The van der Waals surface area contributed by atoms with E-state index in [0.29, 0.717) is 64.0 Å². The molecule has 4 amide bonds. The zero-order valence-corrected chi connectivity index (χ0v) is 37.0. The Bertz CT molecular complexity index is 2700. The Morgan fingerprint density at radius 1 is 0.923 bits per heavy atom. The number of pyridine rings is 1. The van der Waals surface area contributed by atoms with Gasteiger partial charge in [-0.2, -0.15) is 4.98 Å². The number of fused-ring (bicyclic) bond motifs is 1. The van der Waals surface area contributed by atoms with E-state index in [1.807, 2.05) is 51.2 Å². The van der Waals surface area contributed by atoms with Crippen molar-refractivity contribution in [2.45, 2.75) is 65.0 Å². The Kier molecular flexibility index (Phi) is 12.0. The summed E-state index contributed by atoms with van der Waals surface area (Å²) in [6.45, 7) is 14.2. The molecule has 0 radical (unpaired) electrons. The fourth-order valence-electron chi connectivity index (χ4n) is 8.92. The summed E-state index contributed by atoms with van der Waals surface area (Å²) in [5.74, 6) is -0.564. The minimum Gasteiger partial charge on any atom is -0.392 e. The third kappa shape index (κ3) is 9.26. The number of urea groups is 1. The molecular weight excluding hydrogens is 832 g/mol. The van der Waals surface area contributed by atoms with Crippen LogP contribution in [0.5, 0.6) is 0 Å². The lowest BCUT2D eigenvalue weighted by molar-refractivity contribution is -0.120. The van der Waals surface area contributed by atoms with E-state index in [1.165, 1.54) is 12.4 Å². The highest BCUT2D eigenvalue weighted by Crippen LogP contribution is 2.35. The van der Waals surface area contributed by atoms with Gasteiger partial charge in [-0.05, 0) is 91.4 Å². The first-order valence-corrected chi connectivity index (χ1v) is 22.1. The molecule has 0 saturated carbocycles. The molecule has 7 heterocycles. The van der Waals surface area contributed by atoms with Crippen molar-refractivity contribution in [3.8, 4) is 22.6 Å². The summed E-state index contributed by atoms with van der Waals surface area (Å²) in [5.41, 5.74) is 5.86. The van der Waals surface area contributed by atoms with Crippen molar-refractivity contribution in [2.75, 3.05) is 67.1 Å². The van der Waals surface area contributed by atoms with E-state index in [4.69, 9.17) is 9.51 Å². The van der Waals surface area contributed by atoms with E-state index in [0.717, 1.165) is 75.7 Å². The first kappa shape index (κ1) is 43.5. The third-order valence-corrected chi connectivity index (χ3v) is 12.6. The summed E-state index contributed by atoms with van der Waals surface area (Å²) in [6.07, 6.45) is 5.82. The minimum atomic E-state index is -0.686. The van der Waals surface area contributed by atoms with Gasteiger partial charge >= 0.3 is 6.03 Å². The molecule has 17 nitrogen and oxygen atoms in total. The number of rotatable bonds is 11. The molecule has 0 spiro atoms. The van der Waals surface area contributed by atoms with Crippen molar-refractivity contribution in [3.63, 3.8) is 0 Å². The van der Waals surface area contributed by atoms with Crippen molar-refractivity contribution in [2.24, 2.45) is 5.92 Å². The molecule has 18 heteroatoms. The van der Waals surface area contributed by atoms with Gasteiger partial charge in [-0.1, -0.05) is 25.9 Å². The summed E-state index contributed by atoms with van der Waals surface area (Å²) in [7, 11) is 0. The Hall–Kier alpha value is -6.79. The van der Waals surface area contributed by atoms with Gasteiger partial charge in [-0.15, -0.1) is 0 Å². The fourth-order valence-corrected chi connectivity index (χ4v) is 8.92. The molecule has 0 bridgehead atoms. The van der Waals surface area contributed by atoms with Crippen LogP contribution in [0.15, 0.2) is 71.6 Å². The Balaban J connectivity index is 0.790. The first-order chi connectivity index (χ1) is 31.3. The van der Waals surface area contributed by atoms with Crippen LogP contribution in [0.4, 0.5) is 26.2 Å². The average molecular weight is 885 g/mol. The lowest BCUT2D eigenvalue weighted by atomic mass is 9.95. The number of carbonyl (C=O) groups excluding carboxylic acids is 3. The molecule has 3 saturated heterocycles. The molecule has 3 aliphatic heterocycles. The van der Waals surface area contributed by atoms with E-state index in [1.54, 1.807) is 17.9 Å². The predicted octanol–water partition coefficient (Wildman–Crippen LogP) is 5.97. The van der Waals surface area contributed by atoms with Crippen LogP contribution < -0.4 is 25.3 Å². The number of H-pyrrole nitrogens is 1. The van der Waals surface area contributed by atoms with Gasteiger partial charge in [0.05, 0.1) is 41.6 Å². The maximum atomic E-state index is 16.0. The van der Waals surface area contributed by atoms with Crippen molar-refractivity contribution < 1.29 is 28.4 Å². The van der Waals surface area contributed by atoms with Crippen molar-refractivity contribution >= 4 is 45.9 Å². The molecule has 4 aromatic heterocycles. The zero-order valence-electron chi connectivity index (χ0n) is 37.0. The number of aliphatic hydroxyl groups excluding tert-OH is 1. The van der Waals surface area contributed by atoms with Gasteiger partial charge in [0.15, 0.2) is 0 Å². The second-order valence-electron chi connectivity index (χ2n) is 18.1. The van der Waals surface area contributed by atoms with E-state index in [-0.39, 0.29) is 23.3 Å². The van der Waals surface area contributed by atoms with Crippen molar-refractivity contribution in [1.82, 2.24) is 45.6 Å². The monoisotopic (exact) mass is 884 g/mol. The van der Waals surface area contributed by atoms with Gasteiger partial charge in [0.25, 0.3) is 11.7 Å². The van der Waals surface area contributed by atoms with Crippen molar-refractivity contribution in [3.05, 3.63) is 95.8 Å². The molecule has 4 N–H and O–H groups in total. The maximum absolute atomic E-state index is 16.0. The van der Waals surface area contributed by atoms with Crippen LogP contribution in [0.3, 0.4) is 0 Å². The van der Waals surface area contributed by atoms with Gasteiger partial charge in [0.1, 0.15) is 17.8 Å². The Morgan fingerprint density at radius 3 is 2.32 bits per heavy atom. The number of aliphatic hydroxyl groups is 1. The van der Waals surface area contributed by atoms with E-state index < -0.39 is 29.8 Å². The largest absolute Gasteiger partial charge is 0.392 e. The standard InChI is InChI=1S/C47H53FN12O5/c1-28(52-44(63)43-55-45(65-56-43)47(2,3)4)34-22-37(48)35(21-30(34)26-61)41-36-23-39(53-42(36)51-27-50-41)38-10-9-33(24-49-38)59-19-17-57(18-20-59)25-29-11-14-58(15-12-29)31-5-7-32(8-6-31)60-16-13-40(62)54-46(60)64/h5-10,21-24,27-29,61H,11-20,25-26H2,1-4H3,(H,52,63)(H,50,51,53)(H,54,62,64)/t28-/m1/s1. The molecule has 3 aliphatic rings. The maximum Gasteiger partial charge on any atom is 0.328 e. The number of aromatic nitrogens is 6. The summed E-state index contributed by atoms with van der Waals surface area (Å²) < 4.78 is 21.3. The molecule has 65 heavy (non-hydrogen) atoms. The summed E-state index contributed by atoms with van der Waals surface area (Å²) in [4.78, 5) is 66.9. The van der Waals surface area contributed by atoms with Gasteiger partial charge in [0, 0.05) is 86.5 Å². The molecule has 2 aromatic carbocycles. The van der Waals surface area contributed by atoms with Crippen LogP contribution >= 0.6 is 0 Å². The summed E-state index contributed by atoms with van der Waals surface area (Å²) in [6, 6.07) is 15.8. The average Bonchev–Trinajstić information content (AvgIpc) is 3.99. The van der Waals surface area contributed by atoms with Crippen LogP contribution in [0.25, 0.3) is 33.7 Å². The highest BCUT2D eigenvalue weighted by Gasteiger charge is 2.29. The number of hydrogen-bond donors (Lipinski definition) is 4. The molecule has 1 atom stereocenters. The second-order valence-corrected chi connectivity index (χ2v) is 18.1. The van der Waals surface area contributed by atoms with E-state index in [2.05, 4.69) is 68.6 Å². The van der Waals surface area contributed by atoms with E-state index in [9.17, 15) is 19.5 Å². The minimum absolute atomic E-state index is 0.131. The number of nitrogens with zero attached hydrogens (tertiary/aromatic N) is 9. The van der Waals surface area contributed by atoms with E-state index >= 15 is 4.39 Å². The quantitative estimate of drug-likeness (QED) is 0.119. The zero-order chi connectivity index (χ0) is 45.4. The van der Waals surface area contributed by atoms with Crippen LogP contribution in [0, 0.1) is 11.7 Å². The van der Waals surface area contributed by atoms with Crippen LogP contribution in [0.2, 0.25) is 0 Å². The number of imide groups is 1. The van der Waals surface area contributed by atoms with Gasteiger partial charge in [-0.3, -0.25) is 29.7 Å². The number of piperazine rings is 1. The normalized spacial score (nSPS) is 17.2. The number of aromatic amines is 1. The van der Waals surface area contributed by atoms with Gasteiger partial charge < -0.3 is 29.7 Å². The lowest BCUT2D eigenvalue weighted by Gasteiger charge is -2.40. The fraction of sp³-hybridized carbons (Fsp3) is 0.404. The van der Waals surface area contributed by atoms with Gasteiger partial charge in [-0.25, -0.2) is 19.2 Å². The molecule has 0 aliphatic carbocycles. The van der Waals surface area contributed by atoms with Gasteiger partial charge in [0.2, 0.25) is 11.8 Å². The summed E-state index contributed by atoms with van der Waals surface area (Å²) in [5, 5.41) is 19.9. The predicted molar refractivity (Wildman–Crippen MR) is 243 cm³/mol. The number of amides is 4. The third-order valence-electron chi connectivity index (χ3n) is 12.6. The number of hydrogen-bond acceptors (Lipinski definition) is 13. The number of halogens is 1. The van der Waals surface area contributed by atoms with Crippen LogP contribution in [-0.4, -0.2) is 110 Å². The van der Waals surface area contributed by atoms with Crippen molar-refractivity contribution in [1.29, 1.82) is 0 Å². The number of piperidine rings is 1. The highest BCUT2D eigenvalue weighted by atomic mass is 19.1. The lowest BCUT2D eigenvalue weighted by Crippen LogP contribution is -2.49. The molecular formula is C47H53FN12O5. The molecule has 0 unspecified atom stereocenters. The molecule has 9 rings (SSSR count). The Morgan fingerprint density at radius 2 is 1.65 bits per heavy atom. The number of carbonyl (C=O) groups is 3. The molecule has 338 valence electrons. The number of nitrogens with one attached hydrogen (secondary N) is 3. The SMILES string of the molecule is C[C@@H](NC(=O)c1noc(C(C)(C)C)n1)c1cc(F)c(-c2ncnc3[nH]c(-c4ccc(N5CCN(CC6CCN(c7ccc(N8CCC(=O)NC8=O)cc7)CC6)CC5)cn4)cc23)cc1CO. The smallest absolute Gasteiger partial charge is 0.328 e. The molecule has 6 aromatic rings. The first-order valence-electron chi connectivity index (χ1n) is 22.1. The summed E-state index contributed by atoms with van der Waals surface area (Å²) >= 11 is 0.